The van der Waals surface area contributed by atoms with Gasteiger partial charge in [0.15, 0.2) is 0 Å². The van der Waals surface area contributed by atoms with E-state index < -0.39 is 0 Å². The van der Waals surface area contributed by atoms with E-state index in [9.17, 15) is 0 Å². The van der Waals surface area contributed by atoms with E-state index in [0.717, 1.165) is 67.7 Å². The summed E-state index contributed by atoms with van der Waals surface area (Å²) in [4.78, 5) is 23.5. The number of aromatic amines is 1. The Bertz CT molecular complexity index is 1720. The lowest BCUT2D eigenvalue weighted by molar-refractivity contribution is 0.482. The second-order valence-electron chi connectivity index (χ2n) is 9.01. The minimum absolute atomic E-state index is 0.718. The van der Waals surface area contributed by atoms with Crippen LogP contribution in [0.1, 0.15) is 5.69 Å². The highest BCUT2D eigenvalue weighted by molar-refractivity contribution is 5.94. The monoisotopic (exact) mass is 487 g/mol. The average molecular weight is 488 g/mol. The molecule has 6 aromatic rings. The number of imidazole rings is 1. The van der Waals surface area contributed by atoms with Crippen LogP contribution in [-0.2, 0) is 0 Å². The molecule has 0 aliphatic carbocycles. The first kappa shape index (κ1) is 22.5. The van der Waals surface area contributed by atoms with Gasteiger partial charge in [0.2, 0.25) is 0 Å². The van der Waals surface area contributed by atoms with Crippen molar-refractivity contribution in [2.24, 2.45) is 0 Å². The molecule has 0 fully saturated rings. The zero-order chi connectivity index (χ0) is 25.4. The number of nitrogens with one attached hydrogen (secondary N) is 2. The highest BCUT2D eigenvalue weighted by Gasteiger charge is 2.10. The summed E-state index contributed by atoms with van der Waals surface area (Å²) in [6.07, 6.45) is 5.35. The maximum Gasteiger partial charge on any atom is 0.140 e. The molecular formula is C29H25N7O. The molecule has 0 spiro atoms. The smallest absolute Gasteiger partial charge is 0.140 e. The Kier molecular flexibility index (Phi) is 5.61. The predicted molar refractivity (Wildman–Crippen MR) is 148 cm³/mol. The van der Waals surface area contributed by atoms with E-state index in [1.54, 1.807) is 12.4 Å². The van der Waals surface area contributed by atoms with Gasteiger partial charge in [-0.2, -0.15) is 0 Å². The highest BCUT2D eigenvalue weighted by atomic mass is 16.5. The number of fused-ring (bicyclic) bond motifs is 2. The van der Waals surface area contributed by atoms with Gasteiger partial charge in [-0.05, 0) is 61.5 Å². The summed E-state index contributed by atoms with van der Waals surface area (Å²) < 4.78 is 5.98. The van der Waals surface area contributed by atoms with Gasteiger partial charge in [-0.1, -0.05) is 0 Å². The van der Waals surface area contributed by atoms with Crippen molar-refractivity contribution in [1.82, 2.24) is 24.9 Å². The van der Waals surface area contributed by atoms with Gasteiger partial charge in [0.25, 0.3) is 0 Å². The summed E-state index contributed by atoms with van der Waals surface area (Å²) in [6, 6.07) is 21.7. The normalized spacial score (nSPS) is 11.1. The Morgan fingerprint density at radius 3 is 2.49 bits per heavy atom. The van der Waals surface area contributed by atoms with Crippen molar-refractivity contribution in [2.75, 3.05) is 24.3 Å². The minimum Gasteiger partial charge on any atom is -0.457 e. The van der Waals surface area contributed by atoms with E-state index in [2.05, 4.69) is 42.3 Å². The van der Waals surface area contributed by atoms with Crippen LogP contribution in [0.3, 0.4) is 0 Å². The molecule has 0 radical (unpaired) electrons. The van der Waals surface area contributed by atoms with Crippen LogP contribution in [0.15, 0.2) is 85.3 Å². The summed E-state index contributed by atoms with van der Waals surface area (Å²) in [5.41, 5.74) is 6.54. The first-order valence-corrected chi connectivity index (χ1v) is 11.9. The maximum absolute atomic E-state index is 5.98. The molecule has 182 valence electrons. The summed E-state index contributed by atoms with van der Waals surface area (Å²) in [6.45, 7) is 1.94. The summed E-state index contributed by atoms with van der Waals surface area (Å²) in [5.74, 6) is 2.95. The largest absolute Gasteiger partial charge is 0.457 e. The predicted octanol–water partition coefficient (Wildman–Crippen LogP) is 6.48. The lowest BCUT2D eigenvalue weighted by Gasteiger charge is -2.15. The first-order valence-electron chi connectivity index (χ1n) is 11.9. The molecule has 0 unspecified atom stereocenters. The Morgan fingerprint density at radius 1 is 0.811 bits per heavy atom. The van der Waals surface area contributed by atoms with Gasteiger partial charge in [-0.15, -0.1) is 0 Å². The quantitative estimate of drug-likeness (QED) is 0.278. The van der Waals surface area contributed by atoms with E-state index in [1.807, 2.05) is 81.8 Å². The van der Waals surface area contributed by atoms with Gasteiger partial charge in [0, 0.05) is 67.1 Å². The van der Waals surface area contributed by atoms with Crippen LogP contribution in [0.2, 0.25) is 0 Å². The molecule has 37 heavy (non-hydrogen) atoms. The van der Waals surface area contributed by atoms with Crippen molar-refractivity contribution in [2.45, 2.75) is 6.92 Å². The molecule has 0 atom stereocenters. The Labute approximate surface area is 214 Å². The molecule has 0 saturated heterocycles. The molecule has 4 aromatic heterocycles. The number of anilines is 3. The van der Waals surface area contributed by atoms with Crippen molar-refractivity contribution >= 4 is 39.1 Å². The molecule has 4 heterocycles. The first-order chi connectivity index (χ1) is 18.0. The number of H-pyrrole nitrogens is 1. The fourth-order valence-corrected chi connectivity index (χ4v) is 4.17. The topological polar surface area (TPSA) is 91.8 Å². The third kappa shape index (κ3) is 4.64. The van der Waals surface area contributed by atoms with Crippen molar-refractivity contribution in [3.63, 3.8) is 0 Å². The number of aromatic nitrogens is 5. The second-order valence-corrected chi connectivity index (χ2v) is 9.01. The van der Waals surface area contributed by atoms with Crippen LogP contribution in [0.25, 0.3) is 33.3 Å². The lowest BCUT2D eigenvalue weighted by Crippen LogP contribution is -2.08. The number of pyridine rings is 3. The fourth-order valence-electron chi connectivity index (χ4n) is 4.17. The van der Waals surface area contributed by atoms with Gasteiger partial charge >= 0.3 is 0 Å². The SMILES string of the molecule is Cc1cc(Oc2ccc3[nH]c(-c4ccc(Nc5ccnc6ccc(N(C)C)cc56)nc4)nc3c2)ccn1. The number of rotatable bonds is 6. The maximum atomic E-state index is 5.98. The standard InChI is InChI=1S/C29H25N7O/c1-18-14-22(10-12-30-18)37-21-6-8-26-27(16-21)35-29(34-26)19-4-9-28(32-17-19)33-25-11-13-31-24-7-5-20(36(2)3)15-23(24)25/h4-17H,1-3H3,(H,34,35)(H,31,32,33). The number of hydrogen-bond acceptors (Lipinski definition) is 7. The van der Waals surface area contributed by atoms with Crippen molar-refractivity contribution in [3.05, 3.63) is 91.0 Å². The molecule has 0 saturated carbocycles. The molecule has 0 amide bonds. The number of nitrogens with zero attached hydrogens (tertiary/aromatic N) is 5. The van der Waals surface area contributed by atoms with Crippen LogP contribution in [0, 0.1) is 6.92 Å². The van der Waals surface area contributed by atoms with Gasteiger partial charge < -0.3 is 19.9 Å². The highest BCUT2D eigenvalue weighted by Crippen LogP contribution is 2.30. The lowest BCUT2D eigenvalue weighted by atomic mass is 10.1. The zero-order valence-corrected chi connectivity index (χ0v) is 20.7. The molecular weight excluding hydrogens is 462 g/mol. The molecule has 0 bridgehead atoms. The van der Waals surface area contributed by atoms with Gasteiger partial charge in [0.05, 0.1) is 22.2 Å². The van der Waals surface area contributed by atoms with Crippen LogP contribution in [-0.4, -0.2) is 39.0 Å². The van der Waals surface area contributed by atoms with Crippen LogP contribution < -0.4 is 15.0 Å². The van der Waals surface area contributed by atoms with E-state index in [0.29, 0.717) is 0 Å². The van der Waals surface area contributed by atoms with E-state index in [4.69, 9.17) is 9.72 Å². The van der Waals surface area contributed by atoms with E-state index in [1.165, 1.54) is 0 Å². The van der Waals surface area contributed by atoms with Crippen LogP contribution >= 0.6 is 0 Å². The Morgan fingerprint density at radius 2 is 1.68 bits per heavy atom. The van der Waals surface area contributed by atoms with Crippen molar-refractivity contribution < 1.29 is 4.74 Å². The average Bonchev–Trinajstić information content (AvgIpc) is 3.32. The van der Waals surface area contributed by atoms with Gasteiger partial charge in [-0.3, -0.25) is 9.97 Å². The minimum atomic E-state index is 0.718. The van der Waals surface area contributed by atoms with Crippen LogP contribution in [0.4, 0.5) is 17.2 Å². The van der Waals surface area contributed by atoms with Gasteiger partial charge in [0.1, 0.15) is 23.1 Å². The van der Waals surface area contributed by atoms with Crippen LogP contribution in [0.5, 0.6) is 11.5 Å². The summed E-state index contributed by atoms with van der Waals surface area (Å²) in [7, 11) is 4.05. The number of hydrogen-bond donors (Lipinski definition) is 2. The number of aryl methyl sites for hydroxylation is 1. The molecule has 8 heteroatoms. The fraction of sp³-hybridized carbons (Fsp3) is 0.103. The number of ether oxygens (including phenoxy) is 1. The Hall–Kier alpha value is -4.98. The van der Waals surface area contributed by atoms with Crippen molar-refractivity contribution in [3.8, 4) is 22.9 Å². The summed E-state index contributed by atoms with van der Waals surface area (Å²) >= 11 is 0. The molecule has 6 rings (SSSR count). The summed E-state index contributed by atoms with van der Waals surface area (Å²) in [5, 5.41) is 4.47. The van der Waals surface area contributed by atoms with E-state index >= 15 is 0 Å². The third-order valence-corrected chi connectivity index (χ3v) is 6.10. The molecule has 0 aliphatic heterocycles. The molecule has 0 aliphatic rings. The van der Waals surface area contributed by atoms with Gasteiger partial charge in [-0.25, -0.2) is 9.97 Å². The van der Waals surface area contributed by atoms with E-state index in [-0.39, 0.29) is 0 Å². The number of benzene rings is 2. The third-order valence-electron chi connectivity index (χ3n) is 6.10. The molecule has 2 N–H and O–H groups in total. The molecule has 2 aromatic carbocycles. The van der Waals surface area contributed by atoms with Crippen molar-refractivity contribution in [1.29, 1.82) is 0 Å². The molecule has 8 nitrogen and oxygen atoms in total. The zero-order valence-electron chi connectivity index (χ0n) is 20.7. The second kappa shape index (κ2) is 9.23. The Balaban J connectivity index is 1.24.